The summed E-state index contributed by atoms with van der Waals surface area (Å²) in [6.45, 7) is 0.459. The molecule has 1 atom stereocenters. The molecule has 3 aliphatic rings. The van der Waals surface area contributed by atoms with Gasteiger partial charge in [-0.2, -0.15) is 0 Å². The molecular formula is C21H19NO7. The van der Waals surface area contributed by atoms with Gasteiger partial charge in [-0.05, 0) is 36.2 Å². The van der Waals surface area contributed by atoms with Crippen molar-refractivity contribution in [3.63, 3.8) is 0 Å². The molecule has 0 bridgehead atoms. The first-order chi connectivity index (χ1) is 14.1. The number of methoxy groups -OCH3 is 3. The van der Waals surface area contributed by atoms with Crippen molar-refractivity contribution >= 4 is 11.9 Å². The number of ether oxygens (including phenoxy) is 5. The van der Waals surface area contributed by atoms with Gasteiger partial charge in [-0.15, -0.1) is 0 Å². The third-order valence-corrected chi connectivity index (χ3v) is 5.86. The summed E-state index contributed by atoms with van der Waals surface area (Å²) < 4.78 is 27.4. The molecular weight excluding hydrogens is 378 g/mol. The average Bonchev–Trinajstić information content (AvgIpc) is 3.31. The van der Waals surface area contributed by atoms with Crippen LogP contribution in [0.4, 0.5) is 0 Å². The minimum absolute atomic E-state index is 0.111. The lowest BCUT2D eigenvalue weighted by Crippen LogP contribution is -2.54. The Hall–Kier alpha value is -3.42. The standard InChI is InChI=1S/C21H19NO7/c1-25-14-5-4-12-17(18(14)26-2)21(20(24)27-3)13-9-16-15(28-10-29-16)8-11(13)6-7-22(21)19(12)23/h4-5,8-9H,6-7,10H2,1-3H3. The van der Waals surface area contributed by atoms with Gasteiger partial charge in [-0.25, -0.2) is 4.79 Å². The zero-order chi connectivity index (χ0) is 20.3. The smallest absolute Gasteiger partial charge is 0.341 e. The van der Waals surface area contributed by atoms with Crippen LogP contribution in [0.2, 0.25) is 0 Å². The number of hydrogen-bond acceptors (Lipinski definition) is 7. The molecule has 8 nitrogen and oxygen atoms in total. The van der Waals surface area contributed by atoms with Crippen molar-refractivity contribution in [3.05, 3.63) is 46.5 Å². The number of carbonyl (C=O) groups excluding carboxylic acids is 2. The van der Waals surface area contributed by atoms with Gasteiger partial charge in [0, 0.05) is 12.1 Å². The fraction of sp³-hybridized carbons (Fsp3) is 0.333. The molecule has 0 aromatic heterocycles. The topological polar surface area (TPSA) is 83.5 Å². The Morgan fingerprint density at radius 3 is 2.55 bits per heavy atom. The zero-order valence-corrected chi connectivity index (χ0v) is 16.2. The molecule has 5 rings (SSSR count). The first kappa shape index (κ1) is 17.7. The molecule has 1 unspecified atom stereocenters. The van der Waals surface area contributed by atoms with Gasteiger partial charge < -0.3 is 28.6 Å². The van der Waals surface area contributed by atoms with E-state index in [2.05, 4.69) is 0 Å². The van der Waals surface area contributed by atoms with Crippen molar-refractivity contribution in [1.29, 1.82) is 0 Å². The fourth-order valence-electron chi connectivity index (χ4n) is 4.68. The number of carbonyl (C=O) groups is 2. The van der Waals surface area contributed by atoms with Crippen LogP contribution in [-0.4, -0.2) is 51.4 Å². The van der Waals surface area contributed by atoms with Crippen LogP contribution in [-0.2, 0) is 21.5 Å². The van der Waals surface area contributed by atoms with Crippen molar-refractivity contribution in [2.24, 2.45) is 0 Å². The maximum absolute atomic E-state index is 13.4. The van der Waals surface area contributed by atoms with Crippen LogP contribution in [0.5, 0.6) is 23.0 Å². The van der Waals surface area contributed by atoms with Crippen LogP contribution < -0.4 is 18.9 Å². The van der Waals surface area contributed by atoms with Gasteiger partial charge in [-0.1, -0.05) is 0 Å². The van der Waals surface area contributed by atoms with Gasteiger partial charge in [0.15, 0.2) is 28.5 Å². The summed E-state index contributed by atoms with van der Waals surface area (Å²) in [5, 5.41) is 0. The Bertz CT molecular complexity index is 1060. The summed E-state index contributed by atoms with van der Waals surface area (Å²) in [4.78, 5) is 28.3. The number of esters is 1. The average molecular weight is 397 g/mol. The van der Waals surface area contributed by atoms with Crippen molar-refractivity contribution in [3.8, 4) is 23.0 Å². The largest absolute Gasteiger partial charge is 0.493 e. The van der Waals surface area contributed by atoms with Crippen LogP contribution in [0.15, 0.2) is 24.3 Å². The number of rotatable bonds is 3. The molecule has 3 heterocycles. The number of nitrogens with zero attached hydrogens (tertiary/aromatic N) is 1. The summed E-state index contributed by atoms with van der Waals surface area (Å²) in [5.74, 6) is 1.08. The molecule has 0 spiro atoms. The molecule has 0 saturated heterocycles. The molecule has 0 radical (unpaired) electrons. The second-order valence-electron chi connectivity index (χ2n) is 7.00. The lowest BCUT2D eigenvalue weighted by Gasteiger charge is -2.42. The highest BCUT2D eigenvalue weighted by Gasteiger charge is 2.61. The van der Waals surface area contributed by atoms with Crippen molar-refractivity contribution < 1.29 is 33.3 Å². The van der Waals surface area contributed by atoms with Gasteiger partial charge in [0.1, 0.15) is 0 Å². The maximum Gasteiger partial charge on any atom is 0.341 e. The molecule has 2 aromatic rings. The monoisotopic (exact) mass is 397 g/mol. The Morgan fingerprint density at radius 2 is 1.86 bits per heavy atom. The predicted molar refractivity (Wildman–Crippen MR) is 99.6 cm³/mol. The van der Waals surface area contributed by atoms with Gasteiger partial charge in [0.25, 0.3) is 5.91 Å². The van der Waals surface area contributed by atoms with E-state index in [0.29, 0.717) is 52.7 Å². The minimum atomic E-state index is -1.49. The molecule has 3 aliphatic heterocycles. The summed E-state index contributed by atoms with van der Waals surface area (Å²) in [7, 11) is 4.31. The number of benzene rings is 2. The highest BCUT2D eigenvalue weighted by molar-refractivity contribution is 6.09. The fourth-order valence-corrected chi connectivity index (χ4v) is 4.68. The first-order valence-corrected chi connectivity index (χ1v) is 9.16. The van der Waals surface area contributed by atoms with E-state index in [-0.39, 0.29) is 12.7 Å². The molecule has 1 amide bonds. The van der Waals surface area contributed by atoms with E-state index in [1.54, 1.807) is 23.1 Å². The molecule has 0 N–H and O–H groups in total. The van der Waals surface area contributed by atoms with Crippen LogP contribution in [0, 0.1) is 0 Å². The van der Waals surface area contributed by atoms with Gasteiger partial charge >= 0.3 is 5.97 Å². The summed E-state index contributed by atoms with van der Waals surface area (Å²) in [6.07, 6.45) is 0.573. The molecule has 0 saturated carbocycles. The second kappa shape index (κ2) is 6.04. The van der Waals surface area contributed by atoms with Crippen LogP contribution in [0.3, 0.4) is 0 Å². The summed E-state index contributed by atoms with van der Waals surface area (Å²) >= 11 is 0. The van der Waals surface area contributed by atoms with Crippen molar-refractivity contribution in [1.82, 2.24) is 4.90 Å². The van der Waals surface area contributed by atoms with E-state index in [1.807, 2.05) is 6.07 Å². The predicted octanol–water partition coefficient (Wildman–Crippen LogP) is 1.86. The van der Waals surface area contributed by atoms with Crippen LogP contribution in [0.25, 0.3) is 0 Å². The number of hydrogen-bond donors (Lipinski definition) is 0. The van der Waals surface area contributed by atoms with E-state index in [9.17, 15) is 9.59 Å². The minimum Gasteiger partial charge on any atom is -0.493 e. The molecule has 150 valence electrons. The highest BCUT2D eigenvalue weighted by Crippen LogP contribution is 2.55. The van der Waals surface area contributed by atoms with Gasteiger partial charge in [0.2, 0.25) is 6.79 Å². The quantitative estimate of drug-likeness (QED) is 0.731. The van der Waals surface area contributed by atoms with Gasteiger partial charge in [0.05, 0.1) is 32.5 Å². The second-order valence-corrected chi connectivity index (χ2v) is 7.00. The van der Waals surface area contributed by atoms with E-state index in [4.69, 9.17) is 23.7 Å². The lowest BCUT2D eigenvalue weighted by molar-refractivity contribution is -0.151. The Morgan fingerprint density at radius 1 is 1.10 bits per heavy atom. The normalized spacial score (nSPS) is 20.7. The van der Waals surface area contributed by atoms with Crippen molar-refractivity contribution in [2.75, 3.05) is 34.7 Å². The third kappa shape index (κ3) is 2.03. The van der Waals surface area contributed by atoms with Crippen molar-refractivity contribution in [2.45, 2.75) is 12.0 Å². The number of fused-ring (bicyclic) bond motifs is 6. The molecule has 2 aromatic carbocycles. The molecule has 8 heteroatoms. The summed E-state index contributed by atoms with van der Waals surface area (Å²) in [5.41, 5.74) is 0.838. The van der Waals surface area contributed by atoms with Gasteiger partial charge in [-0.3, -0.25) is 4.79 Å². The van der Waals surface area contributed by atoms with E-state index >= 15 is 0 Å². The SMILES string of the molecule is COC(=O)C12c3cc4c(cc3CCN1C(=O)c1ccc(OC)c(OC)c12)OCO4. The molecule has 29 heavy (non-hydrogen) atoms. The molecule has 0 fully saturated rings. The lowest BCUT2D eigenvalue weighted by atomic mass is 9.76. The maximum atomic E-state index is 13.4. The highest BCUT2D eigenvalue weighted by atomic mass is 16.7. The zero-order valence-electron chi connectivity index (χ0n) is 16.2. The Labute approximate surface area is 166 Å². The Balaban J connectivity index is 1.90. The first-order valence-electron chi connectivity index (χ1n) is 9.16. The van der Waals surface area contributed by atoms with E-state index in [1.165, 1.54) is 21.3 Å². The third-order valence-electron chi connectivity index (χ3n) is 5.86. The molecule has 0 aliphatic carbocycles. The Kier molecular flexibility index (Phi) is 3.68. The number of amides is 1. The van der Waals surface area contributed by atoms with Crippen LogP contribution >= 0.6 is 0 Å². The van der Waals surface area contributed by atoms with E-state index < -0.39 is 11.5 Å². The van der Waals surface area contributed by atoms with E-state index in [0.717, 1.165) is 5.56 Å². The van der Waals surface area contributed by atoms with Crippen LogP contribution in [0.1, 0.15) is 27.0 Å². The summed E-state index contributed by atoms with van der Waals surface area (Å²) in [6, 6.07) is 6.96.